The number of hydrogen-bond donors (Lipinski definition) is 0. The molecular weight excluding hydrogens is 1530 g/mol. The Balaban J connectivity index is 1.04. The molecule has 1 aromatic carbocycles. The molecule has 6 aromatic heterocycles. The topological polar surface area (TPSA) is 40.6 Å². The number of nitrogens with zero attached hydrogens (tertiary/aromatic N) is 2. The van der Waals surface area contributed by atoms with E-state index in [1.165, 1.54) is 278 Å². The number of fused-ring (bicyclic) bond motifs is 6. The third-order valence-electron chi connectivity index (χ3n) is 19.6. The summed E-state index contributed by atoms with van der Waals surface area (Å²) in [5.41, 5.74) is 10.4. The molecule has 7 aromatic rings. The van der Waals surface area contributed by atoms with Crippen molar-refractivity contribution in [1.29, 1.82) is 0 Å². The number of hydrogen-bond acceptors (Lipinski definition) is 16. The zero-order valence-electron chi connectivity index (χ0n) is 61.7. The van der Waals surface area contributed by atoms with Crippen LogP contribution in [0.2, 0.25) is 0 Å². The first-order chi connectivity index (χ1) is 50.4. The van der Waals surface area contributed by atoms with Gasteiger partial charge in [-0.05, 0) is 177 Å². The summed E-state index contributed by atoms with van der Waals surface area (Å²) in [7, 11) is 0. The molecule has 0 unspecified atom stereocenters. The molecule has 0 radical (unpaired) electrons. The summed E-state index contributed by atoms with van der Waals surface area (Å²) in [6.07, 6.45) is 43.9. The lowest BCUT2D eigenvalue weighted by Crippen LogP contribution is -2.28. The van der Waals surface area contributed by atoms with Crippen LogP contribution in [0.15, 0.2) is 99.5 Å². The fourth-order valence-corrected chi connectivity index (χ4v) is 28.8. The van der Waals surface area contributed by atoms with E-state index in [2.05, 4.69) is 126 Å². The van der Waals surface area contributed by atoms with Crippen LogP contribution in [0.1, 0.15) is 283 Å². The predicted octanol–water partition coefficient (Wildman–Crippen LogP) is 30.7. The number of benzene rings is 1. The highest BCUT2D eigenvalue weighted by atomic mass is 32.2. The molecule has 2 fully saturated rings. The maximum Gasteiger partial charge on any atom is 0.266 e. The molecule has 2 amide bonds. The van der Waals surface area contributed by atoms with Gasteiger partial charge in [-0.1, -0.05) is 254 Å². The van der Waals surface area contributed by atoms with Gasteiger partial charge in [-0.15, -0.1) is 91.5 Å². The Morgan fingerprint density at radius 3 is 1.26 bits per heavy atom. The molecule has 2 aliphatic carbocycles. The molecule has 11 rings (SSSR count). The van der Waals surface area contributed by atoms with Gasteiger partial charge in [-0.25, -0.2) is 0 Å². The summed E-state index contributed by atoms with van der Waals surface area (Å²) in [6, 6.07) is 29.2. The second-order valence-corrected chi connectivity index (χ2v) is 43.3. The van der Waals surface area contributed by atoms with E-state index in [1.54, 1.807) is 0 Å². The molecule has 103 heavy (non-hydrogen) atoms. The highest BCUT2D eigenvalue weighted by Gasteiger charge is 2.38. The zero-order valence-corrected chi connectivity index (χ0v) is 73.1. The first kappa shape index (κ1) is 81.6. The molecule has 0 saturated carbocycles. The van der Waals surface area contributed by atoms with Crippen molar-refractivity contribution in [3.8, 4) is 20.9 Å². The van der Waals surface area contributed by atoms with E-state index in [9.17, 15) is 9.59 Å². The van der Waals surface area contributed by atoms with Crippen molar-refractivity contribution in [2.75, 3.05) is 13.1 Å². The van der Waals surface area contributed by atoms with Gasteiger partial charge in [0.1, 0.15) is 8.64 Å². The quantitative estimate of drug-likeness (QED) is 0.0159. The fraction of sp³-hybridized carbons (Fsp3) is 0.506. The van der Waals surface area contributed by atoms with Crippen molar-refractivity contribution in [3.05, 3.63) is 152 Å². The van der Waals surface area contributed by atoms with Gasteiger partial charge >= 0.3 is 0 Å². The minimum absolute atomic E-state index is 0.0438. The summed E-state index contributed by atoms with van der Waals surface area (Å²) in [6.45, 7) is 15.1. The number of carbonyl (C=O) groups is 2. The summed E-state index contributed by atoms with van der Waals surface area (Å²) >= 11 is 34.6. The molecule has 8 heterocycles. The van der Waals surface area contributed by atoms with Crippen LogP contribution in [0.3, 0.4) is 0 Å². The molecule has 4 nitrogen and oxygen atoms in total. The van der Waals surface area contributed by atoms with Crippen molar-refractivity contribution in [1.82, 2.24) is 9.80 Å². The van der Waals surface area contributed by atoms with Gasteiger partial charge in [0.15, 0.2) is 0 Å². The second kappa shape index (κ2) is 42.7. The number of carbonyl (C=O) groups excluding carboxylic acids is 2. The van der Waals surface area contributed by atoms with E-state index in [4.69, 9.17) is 24.4 Å². The number of thioether (sulfide) groups is 6. The molecular formula is C85H106N2O2S14. The Kier molecular flexibility index (Phi) is 33.8. The lowest BCUT2D eigenvalue weighted by molar-refractivity contribution is -0.123. The van der Waals surface area contributed by atoms with Crippen molar-refractivity contribution in [3.63, 3.8) is 0 Å². The van der Waals surface area contributed by atoms with E-state index in [0.717, 1.165) is 88.9 Å². The Morgan fingerprint density at radius 2 is 0.786 bits per heavy atom. The van der Waals surface area contributed by atoms with Gasteiger partial charge in [0.05, 0.1) is 26.7 Å². The fourth-order valence-electron chi connectivity index (χ4n) is 13.8. The van der Waals surface area contributed by atoms with Gasteiger partial charge in [0.2, 0.25) is 0 Å². The number of thiocarbonyl (C=S) groups is 2. The highest BCUT2D eigenvalue weighted by molar-refractivity contribution is 8.27. The summed E-state index contributed by atoms with van der Waals surface area (Å²) in [5, 5.41) is 0. The van der Waals surface area contributed by atoms with Crippen molar-refractivity contribution < 1.29 is 9.59 Å². The molecule has 4 aliphatic rings. The Bertz CT molecular complexity index is 4100. The van der Waals surface area contributed by atoms with E-state index in [0.29, 0.717) is 21.7 Å². The molecule has 2 aliphatic heterocycles. The van der Waals surface area contributed by atoms with Crippen LogP contribution >= 0.6 is 163 Å². The van der Waals surface area contributed by atoms with E-state index in [-0.39, 0.29) is 11.8 Å². The number of amides is 2. The summed E-state index contributed by atoms with van der Waals surface area (Å²) in [4.78, 5) is 47.8. The molecule has 0 bridgehead atoms. The largest absolute Gasteiger partial charge is 0.293 e. The normalized spacial score (nSPS) is 16.1. The minimum atomic E-state index is 0.0438. The van der Waals surface area contributed by atoms with Crippen LogP contribution in [0, 0.1) is 0 Å². The molecule has 18 heteroatoms. The molecule has 0 N–H and O–H groups in total. The van der Waals surface area contributed by atoms with Crippen molar-refractivity contribution >= 4 is 207 Å². The van der Waals surface area contributed by atoms with Gasteiger partial charge < -0.3 is 0 Å². The zero-order chi connectivity index (χ0) is 71.9. The third kappa shape index (κ3) is 22.9. The van der Waals surface area contributed by atoms with Gasteiger partial charge in [-0.3, -0.25) is 19.4 Å². The van der Waals surface area contributed by atoms with Crippen LogP contribution in [-0.2, 0) is 53.2 Å². The van der Waals surface area contributed by atoms with Gasteiger partial charge in [-0.2, -0.15) is 0 Å². The van der Waals surface area contributed by atoms with Gasteiger partial charge in [0, 0.05) is 96.5 Å². The standard InChI is InChI=1S/C85H106N2O2S14/c1-7-13-19-25-27-33-47-86-80(88)73(100-84(86)90)53-65-51-70-71(82(102-75-45-43-61(96-75)37-31-23-17-11-5)92-56-63-41-39-59(94-63)35-29-21-15-9-3)50-58-49-69-68(55-67(58)78(70)98-65)77(72-52-66(99-79(69)72)54-74-81(89)87(85(91)101-74)48-34-28-26-20-14-8-2)83(103-76-46-44-62(97-76)38-32-24-18-12-6)93-57-64-42-40-60(95-64)36-30-22-16-10-4/h39-46,49,51-55H,7-38,47-48,50,56-57H2,1-6H3/b73-53+,74-54+,82-71+,83-77-. The van der Waals surface area contributed by atoms with Gasteiger partial charge in [0.25, 0.3) is 11.8 Å². The SMILES string of the molecule is CCCCCCCCN1C(=O)/C(=C\c2cc3c(s2)-c2cc4c(cc2/C3=C(\SCc2ccc(CCCCCC)s2)Sc2ccc(CCCCCC)s2)-c2sc(/C=C3/SC(=S)N(CCCCCCCC)C3=O)cc2/C(=C(\SCc2ccc(CCCCCC)s2)Sc2ccc(CCCCCC)s2)C4)SC1=S. The minimum Gasteiger partial charge on any atom is -0.293 e. The van der Waals surface area contributed by atoms with Crippen LogP contribution in [0.25, 0.3) is 44.2 Å². The second-order valence-electron chi connectivity index (χ2n) is 27.8. The first-order valence-corrected chi connectivity index (χ1v) is 49.8. The molecule has 0 atom stereocenters. The smallest absolute Gasteiger partial charge is 0.266 e. The Hall–Kier alpha value is -2.40. The third-order valence-corrected chi connectivity index (χ3v) is 34.7. The Morgan fingerprint density at radius 1 is 0.398 bits per heavy atom. The lowest BCUT2D eigenvalue weighted by Gasteiger charge is -2.24. The molecule has 2 saturated heterocycles. The van der Waals surface area contributed by atoms with E-state index in [1.807, 2.05) is 125 Å². The lowest BCUT2D eigenvalue weighted by atomic mass is 9.85. The maximum absolute atomic E-state index is 14.6. The van der Waals surface area contributed by atoms with Crippen molar-refractivity contribution in [2.45, 2.75) is 273 Å². The summed E-state index contributed by atoms with van der Waals surface area (Å²) in [5.74, 6) is 1.89. The maximum atomic E-state index is 14.6. The van der Waals surface area contributed by atoms with Crippen LogP contribution < -0.4 is 0 Å². The van der Waals surface area contributed by atoms with Crippen molar-refractivity contribution in [2.24, 2.45) is 0 Å². The number of unbranched alkanes of at least 4 members (excludes halogenated alkanes) is 22. The first-order valence-electron chi connectivity index (χ1n) is 38.8. The molecule has 0 spiro atoms. The Labute approximate surface area is 678 Å². The van der Waals surface area contributed by atoms with E-state index >= 15 is 0 Å². The predicted molar refractivity (Wildman–Crippen MR) is 479 cm³/mol. The molecule has 552 valence electrons. The number of thiophene rings is 6. The number of aryl methyl sites for hydroxylation is 4. The van der Waals surface area contributed by atoms with Crippen LogP contribution in [0.5, 0.6) is 0 Å². The summed E-state index contributed by atoms with van der Waals surface area (Å²) < 4.78 is 6.72. The average molecular weight is 1640 g/mol. The average Bonchev–Trinajstić information content (AvgIpc) is 1.57. The van der Waals surface area contributed by atoms with E-state index < -0.39 is 0 Å². The van der Waals surface area contributed by atoms with Crippen LogP contribution in [-0.4, -0.2) is 43.3 Å². The number of rotatable bonds is 46. The van der Waals surface area contributed by atoms with Crippen LogP contribution in [0.4, 0.5) is 0 Å². The monoisotopic (exact) mass is 1630 g/mol. The highest BCUT2D eigenvalue weighted by Crippen LogP contribution is 2.60. The number of allylic oxidation sites excluding steroid dienone is 1.